The van der Waals surface area contributed by atoms with Gasteiger partial charge in [-0.1, -0.05) is 46.4 Å². The molecule has 2 nitrogen and oxygen atoms in total. The number of hydrogen-bond acceptors (Lipinski definition) is 2. The molecule has 14 heavy (non-hydrogen) atoms. The Morgan fingerprint density at radius 3 is 1.93 bits per heavy atom. The number of halogens is 4. The van der Waals surface area contributed by atoms with Gasteiger partial charge in [0.15, 0.2) is 11.5 Å². The predicted molar refractivity (Wildman–Crippen MR) is 59.0 cm³/mol. The van der Waals surface area contributed by atoms with Crippen molar-refractivity contribution in [3.8, 4) is 11.5 Å². The van der Waals surface area contributed by atoms with E-state index in [-0.39, 0.29) is 26.9 Å². The van der Waals surface area contributed by atoms with Crippen LogP contribution in [0.4, 0.5) is 0 Å². The third kappa shape index (κ3) is 1.84. The molecule has 2 N–H and O–H groups in total. The second kappa shape index (κ2) is 4.23. The van der Waals surface area contributed by atoms with Crippen molar-refractivity contribution in [2.24, 2.45) is 0 Å². The highest BCUT2D eigenvalue weighted by molar-refractivity contribution is 6.48. The van der Waals surface area contributed by atoms with E-state index >= 15 is 0 Å². The van der Waals surface area contributed by atoms with E-state index in [1.807, 2.05) is 0 Å². The first-order valence-corrected chi connectivity index (χ1v) is 5.18. The molecule has 0 aromatic heterocycles. The van der Waals surface area contributed by atoms with Gasteiger partial charge in [-0.2, -0.15) is 0 Å². The number of rotatable bonds is 1. The van der Waals surface area contributed by atoms with Gasteiger partial charge in [0, 0.05) is 5.56 Å². The van der Waals surface area contributed by atoms with Gasteiger partial charge >= 0.3 is 0 Å². The topological polar surface area (TPSA) is 40.5 Å². The van der Waals surface area contributed by atoms with Crippen LogP contribution in [-0.2, 0) is 0 Å². The molecule has 0 bridgehead atoms. The second-order valence-electron chi connectivity index (χ2n) is 2.66. The van der Waals surface area contributed by atoms with E-state index in [0.29, 0.717) is 0 Å². The summed E-state index contributed by atoms with van der Waals surface area (Å²) in [5, 5.41) is 19.1. The minimum Gasteiger partial charge on any atom is -0.504 e. The summed E-state index contributed by atoms with van der Waals surface area (Å²) in [7, 11) is 0. The molecule has 0 radical (unpaired) electrons. The molecule has 0 saturated carbocycles. The van der Waals surface area contributed by atoms with E-state index in [1.165, 1.54) is 6.92 Å². The summed E-state index contributed by atoms with van der Waals surface area (Å²) in [5.41, 5.74) is 0.301. The smallest absolute Gasteiger partial charge is 0.165 e. The molecule has 0 aliphatic carbocycles. The Morgan fingerprint density at radius 2 is 1.50 bits per heavy atom. The minimum absolute atomic E-state index is 0.0168. The number of alkyl halides is 2. The van der Waals surface area contributed by atoms with Crippen LogP contribution in [0.25, 0.3) is 0 Å². The van der Waals surface area contributed by atoms with Crippen LogP contribution in [0, 0.1) is 6.92 Å². The van der Waals surface area contributed by atoms with Gasteiger partial charge in [-0.3, -0.25) is 0 Å². The van der Waals surface area contributed by atoms with Crippen molar-refractivity contribution in [1.29, 1.82) is 0 Å². The summed E-state index contributed by atoms with van der Waals surface area (Å²) in [5.74, 6) is -0.799. The quantitative estimate of drug-likeness (QED) is 0.596. The Morgan fingerprint density at radius 1 is 1.00 bits per heavy atom. The number of hydrogen-bond donors (Lipinski definition) is 2. The largest absolute Gasteiger partial charge is 0.504 e. The summed E-state index contributed by atoms with van der Waals surface area (Å²) in [6.45, 7) is 1.52. The third-order valence-corrected chi connectivity index (χ3v) is 3.21. The summed E-state index contributed by atoms with van der Waals surface area (Å²) >= 11 is 22.7. The van der Waals surface area contributed by atoms with E-state index in [2.05, 4.69) is 0 Å². The lowest BCUT2D eigenvalue weighted by atomic mass is 10.1. The normalized spacial score (nSPS) is 11.0. The van der Waals surface area contributed by atoms with Crippen molar-refractivity contribution in [1.82, 2.24) is 0 Å². The van der Waals surface area contributed by atoms with Crippen LogP contribution in [0.2, 0.25) is 10.0 Å². The number of benzene rings is 1. The second-order valence-corrected chi connectivity index (χ2v) is 4.52. The standard InChI is InChI=1S/C8H6Cl4O2/c1-2-4(9)5(10)3(8(11)12)7(14)6(2)13/h8,13-14H,1H3. The molecule has 0 unspecified atom stereocenters. The molecule has 0 spiro atoms. The van der Waals surface area contributed by atoms with Crippen LogP contribution < -0.4 is 0 Å². The molecule has 0 saturated heterocycles. The Bertz CT molecular complexity index is 347. The molecule has 6 heteroatoms. The third-order valence-electron chi connectivity index (χ3n) is 1.81. The van der Waals surface area contributed by atoms with Gasteiger partial charge in [0.05, 0.1) is 15.6 Å². The zero-order valence-electron chi connectivity index (χ0n) is 6.98. The maximum Gasteiger partial charge on any atom is 0.165 e. The fourth-order valence-corrected chi connectivity index (χ4v) is 2.06. The SMILES string of the molecule is Cc1c(O)c(O)c(C(Cl)Cl)c(Cl)c1Cl. The lowest BCUT2D eigenvalue weighted by molar-refractivity contribution is 0.398. The molecular weight excluding hydrogens is 270 g/mol. The van der Waals surface area contributed by atoms with Crippen LogP contribution in [-0.4, -0.2) is 10.2 Å². The van der Waals surface area contributed by atoms with Crippen molar-refractivity contribution < 1.29 is 10.2 Å². The number of phenolic OH excluding ortho intramolecular Hbond substituents is 2. The van der Waals surface area contributed by atoms with E-state index in [4.69, 9.17) is 46.4 Å². The molecule has 0 fully saturated rings. The van der Waals surface area contributed by atoms with Gasteiger partial charge < -0.3 is 10.2 Å². The molecule has 0 atom stereocenters. The summed E-state index contributed by atoms with van der Waals surface area (Å²) in [6, 6.07) is 0. The van der Waals surface area contributed by atoms with Gasteiger partial charge in [-0.05, 0) is 6.92 Å². The average molecular weight is 276 g/mol. The van der Waals surface area contributed by atoms with Crippen molar-refractivity contribution in [2.75, 3.05) is 0 Å². The lowest BCUT2D eigenvalue weighted by Gasteiger charge is -2.13. The predicted octanol–water partition coefficient (Wildman–Crippen LogP) is 4.19. The fourth-order valence-electron chi connectivity index (χ4n) is 0.995. The average Bonchev–Trinajstić information content (AvgIpc) is 2.11. The van der Waals surface area contributed by atoms with Crippen LogP contribution >= 0.6 is 46.4 Å². The van der Waals surface area contributed by atoms with Crippen LogP contribution in [0.3, 0.4) is 0 Å². The van der Waals surface area contributed by atoms with E-state index in [9.17, 15) is 10.2 Å². The van der Waals surface area contributed by atoms with Crippen LogP contribution in [0.15, 0.2) is 0 Å². The molecule has 78 valence electrons. The minimum atomic E-state index is -1.05. The van der Waals surface area contributed by atoms with Gasteiger partial charge in [-0.15, -0.1) is 0 Å². The summed E-state index contributed by atoms with van der Waals surface area (Å²) in [6.07, 6.45) is 0. The van der Waals surface area contributed by atoms with Crippen molar-refractivity contribution in [2.45, 2.75) is 11.8 Å². The Labute approximate surface area is 101 Å². The van der Waals surface area contributed by atoms with Crippen molar-refractivity contribution in [3.63, 3.8) is 0 Å². The zero-order chi connectivity index (χ0) is 11.0. The Kier molecular flexibility index (Phi) is 3.64. The van der Waals surface area contributed by atoms with Crippen LogP contribution in [0.1, 0.15) is 16.0 Å². The highest BCUT2D eigenvalue weighted by Gasteiger charge is 2.23. The maximum absolute atomic E-state index is 9.49. The van der Waals surface area contributed by atoms with Crippen molar-refractivity contribution in [3.05, 3.63) is 21.2 Å². The highest BCUT2D eigenvalue weighted by atomic mass is 35.5. The number of aromatic hydroxyl groups is 2. The van der Waals surface area contributed by atoms with Gasteiger partial charge in [0.2, 0.25) is 0 Å². The molecule has 1 rings (SSSR count). The van der Waals surface area contributed by atoms with Gasteiger partial charge in [-0.25, -0.2) is 0 Å². The van der Waals surface area contributed by atoms with Crippen LogP contribution in [0.5, 0.6) is 11.5 Å². The van der Waals surface area contributed by atoms with Gasteiger partial charge in [0.25, 0.3) is 0 Å². The van der Waals surface area contributed by atoms with E-state index in [1.54, 1.807) is 0 Å². The highest BCUT2D eigenvalue weighted by Crippen LogP contribution is 2.48. The molecule has 0 aliphatic heterocycles. The Hall–Kier alpha value is -0.0200. The first-order chi connectivity index (χ1) is 6.37. The lowest BCUT2D eigenvalue weighted by Crippen LogP contribution is -1.90. The fraction of sp³-hybridized carbons (Fsp3) is 0.250. The molecule has 1 aromatic rings. The summed E-state index contributed by atoms with van der Waals surface area (Å²) in [4.78, 5) is -1.05. The van der Waals surface area contributed by atoms with E-state index < -0.39 is 10.6 Å². The first kappa shape index (κ1) is 12.1. The van der Waals surface area contributed by atoms with Gasteiger partial charge in [0.1, 0.15) is 4.84 Å². The maximum atomic E-state index is 9.49. The molecule has 1 aromatic carbocycles. The molecule has 0 aliphatic rings. The molecule has 0 heterocycles. The van der Waals surface area contributed by atoms with E-state index in [0.717, 1.165) is 0 Å². The molecule has 0 amide bonds. The zero-order valence-corrected chi connectivity index (χ0v) is 10.0. The Balaban J connectivity index is 3.60. The molecular formula is C8H6Cl4O2. The van der Waals surface area contributed by atoms with Crippen molar-refractivity contribution >= 4 is 46.4 Å². The monoisotopic (exact) mass is 274 g/mol. The first-order valence-electron chi connectivity index (χ1n) is 3.55. The summed E-state index contributed by atoms with van der Waals surface area (Å²) < 4.78 is 0. The number of phenols is 2.